The van der Waals surface area contributed by atoms with E-state index >= 15 is 0 Å². The standard InChI is InChI=1S/C43H64N4O13/c1-9-14-17-18-30(33(12-4)47(28-48)60-42(54)59-43(6,7)8)38(50)44-27-45-40(52)35-22-21-34(58-35)29-19-20-31(36(25-29)55-13-5)39(51)46-32(41(53)57-24-16-11-3)26-37(49)56-23-15-10-2/h19-22,25,28,30,32-33H,9-18,23-24,26-27H2,1-8H3,(H,44,50)(H,45,52)(H,46,51)/t30-,32+,33-/m1/s1. The van der Waals surface area contributed by atoms with Gasteiger partial charge in [0.25, 0.3) is 11.8 Å². The van der Waals surface area contributed by atoms with Crippen molar-refractivity contribution in [1.29, 1.82) is 0 Å². The molecule has 0 aliphatic carbocycles. The number of rotatable bonds is 27. The first-order chi connectivity index (χ1) is 28.6. The van der Waals surface area contributed by atoms with Crippen LogP contribution in [0.15, 0.2) is 34.7 Å². The summed E-state index contributed by atoms with van der Waals surface area (Å²) in [6.45, 7) is 14.6. The van der Waals surface area contributed by atoms with Crippen LogP contribution in [0, 0.1) is 5.92 Å². The molecule has 0 unspecified atom stereocenters. The fraction of sp³-hybridized carbons (Fsp3) is 0.605. The lowest BCUT2D eigenvalue weighted by atomic mass is 9.90. The average molecular weight is 845 g/mol. The van der Waals surface area contributed by atoms with Gasteiger partial charge in [0.1, 0.15) is 23.2 Å². The molecule has 17 nitrogen and oxygen atoms in total. The van der Waals surface area contributed by atoms with Crippen LogP contribution in [0.5, 0.6) is 5.75 Å². The lowest BCUT2D eigenvalue weighted by molar-refractivity contribution is -0.182. The van der Waals surface area contributed by atoms with Crippen LogP contribution in [-0.4, -0.2) is 91.5 Å². The van der Waals surface area contributed by atoms with E-state index < -0.39 is 65.8 Å². The van der Waals surface area contributed by atoms with Crippen molar-refractivity contribution >= 4 is 42.2 Å². The molecule has 17 heteroatoms. The molecular formula is C43H64N4O13. The molecule has 0 radical (unpaired) electrons. The lowest BCUT2D eigenvalue weighted by Gasteiger charge is -2.32. The van der Waals surface area contributed by atoms with Gasteiger partial charge in [-0.3, -0.25) is 24.0 Å². The second kappa shape index (κ2) is 26.5. The zero-order valence-electron chi connectivity index (χ0n) is 36.4. The van der Waals surface area contributed by atoms with Gasteiger partial charge in [-0.15, -0.1) is 0 Å². The molecule has 3 N–H and O–H groups in total. The van der Waals surface area contributed by atoms with Gasteiger partial charge in [-0.25, -0.2) is 9.59 Å². The van der Waals surface area contributed by atoms with Crippen LogP contribution in [-0.2, 0) is 38.2 Å². The Morgan fingerprint density at radius 2 is 1.52 bits per heavy atom. The number of nitrogens with one attached hydrogen (secondary N) is 3. The second-order valence-electron chi connectivity index (χ2n) is 15.0. The van der Waals surface area contributed by atoms with E-state index in [1.165, 1.54) is 12.1 Å². The molecule has 1 aromatic heterocycles. The number of nitrogens with zero attached hydrogens (tertiary/aromatic N) is 1. The van der Waals surface area contributed by atoms with Gasteiger partial charge < -0.3 is 44.2 Å². The zero-order valence-corrected chi connectivity index (χ0v) is 36.4. The first-order valence-corrected chi connectivity index (χ1v) is 20.8. The van der Waals surface area contributed by atoms with Gasteiger partial charge in [-0.05, 0) is 77.6 Å². The summed E-state index contributed by atoms with van der Waals surface area (Å²) in [5, 5.41) is 8.69. The molecule has 60 heavy (non-hydrogen) atoms. The fourth-order valence-corrected chi connectivity index (χ4v) is 5.86. The molecule has 1 heterocycles. The summed E-state index contributed by atoms with van der Waals surface area (Å²) in [6.07, 6.45) is 4.80. The summed E-state index contributed by atoms with van der Waals surface area (Å²) in [5.74, 6) is -3.60. The van der Waals surface area contributed by atoms with E-state index in [0.717, 1.165) is 30.7 Å². The third-order valence-corrected chi connectivity index (χ3v) is 8.95. The topological polar surface area (TPSA) is 218 Å². The normalized spacial score (nSPS) is 12.5. The van der Waals surface area contributed by atoms with Crippen LogP contribution in [0.4, 0.5) is 4.79 Å². The zero-order chi connectivity index (χ0) is 44.7. The molecule has 4 amide bonds. The highest BCUT2D eigenvalue weighted by Gasteiger charge is 2.34. The van der Waals surface area contributed by atoms with E-state index in [9.17, 15) is 33.6 Å². The number of esters is 2. The minimum absolute atomic E-state index is 0.0712. The van der Waals surface area contributed by atoms with Crippen LogP contribution >= 0.6 is 0 Å². The maximum absolute atomic E-state index is 13.5. The molecule has 0 aliphatic heterocycles. The van der Waals surface area contributed by atoms with E-state index in [0.29, 0.717) is 37.7 Å². The SMILES string of the molecule is CCCCC[C@@H](C(=O)NCNC(=O)c1ccc(-c2ccc(C(=O)N[C@@H](CC(=O)OCCCC)C(=O)OCCCC)c(OCC)c2)o1)[C@@H](CC)N(C=O)OC(=O)OC(C)(C)C. The fourth-order valence-electron chi connectivity index (χ4n) is 5.86. The maximum atomic E-state index is 13.5. The van der Waals surface area contributed by atoms with Crippen LogP contribution in [0.25, 0.3) is 11.3 Å². The van der Waals surface area contributed by atoms with E-state index in [-0.39, 0.29) is 55.7 Å². The Kier molecular flexibility index (Phi) is 22.3. The van der Waals surface area contributed by atoms with E-state index in [4.69, 9.17) is 28.2 Å². The molecule has 3 atom stereocenters. The lowest BCUT2D eigenvalue weighted by Crippen LogP contribution is -2.49. The molecule has 2 aromatic rings. The number of hydrogen-bond acceptors (Lipinski definition) is 13. The number of furan rings is 1. The summed E-state index contributed by atoms with van der Waals surface area (Å²) >= 11 is 0. The highest BCUT2D eigenvalue weighted by molar-refractivity contribution is 6.00. The predicted molar refractivity (Wildman–Crippen MR) is 220 cm³/mol. The summed E-state index contributed by atoms with van der Waals surface area (Å²) in [7, 11) is 0. The van der Waals surface area contributed by atoms with Crippen molar-refractivity contribution in [3.05, 3.63) is 41.7 Å². The van der Waals surface area contributed by atoms with Crippen molar-refractivity contribution in [2.45, 2.75) is 137 Å². The van der Waals surface area contributed by atoms with Crippen LogP contribution in [0.3, 0.4) is 0 Å². The number of ether oxygens (including phenoxy) is 4. The Bertz CT molecular complexity index is 1700. The molecule has 0 spiro atoms. The van der Waals surface area contributed by atoms with Gasteiger partial charge in [0.2, 0.25) is 12.3 Å². The molecule has 0 saturated heterocycles. The Morgan fingerprint density at radius 1 is 0.833 bits per heavy atom. The number of carbonyl (C=O) groups excluding carboxylic acids is 7. The minimum Gasteiger partial charge on any atom is -0.493 e. The predicted octanol–water partition coefficient (Wildman–Crippen LogP) is 6.62. The van der Waals surface area contributed by atoms with Crippen LogP contribution in [0.2, 0.25) is 0 Å². The number of hydrogen-bond donors (Lipinski definition) is 3. The molecule has 334 valence electrons. The van der Waals surface area contributed by atoms with E-state index in [2.05, 4.69) is 16.0 Å². The number of benzene rings is 1. The Labute approximate surface area is 352 Å². The molecule has 0 saturated carbocycles. The maximum Gasteiger partial charge on any atom is 0.534 e. The van der Waals surface area contributed by atoms with Crippen molar-refractivity contribution in [3.8, 4) is 17.1 Å². The van der Waals surface area contributed by atoms with Gasteiger partial charge in [0, 0.05) is 5.56 Å². The third kappa shape index (κ3) is 17.3. The molecular weight excluding hydrogens is 780 g/mol. The largest absolute Gasteiger partial charge is 0.534 e. The minimum atomic E-state index is -1.29. The van der Waals surface area contributed by atoms with Gasteiger partial charge in [0.15, 0.2) is 5.76 Å². The average Bonchev–Trinajstić information content (AvgIpc) is 3.70. The van der Waals surface area contributed by atoms with Crippen molar-refractivity contribution < 1.29 is 61.8 Å². The molecule has 0 fully saturated rings. The van der Waals surface area contributed by atoms with Gasteiger partial charge in [-0.2, -0.15) is 5.06 Å². The Morgan fingerprint density at radius 3 is 2.13 bits per heavy atom. The van der Waals surface area contributed by atoms with Gasteiger partial charge in [0.05, 0.1) is 50.4 Å². The first kappa shape index (κ1) is 50.5. The number of hydroxylamine groups is 2. The van der Waals surface area contributed by atoms with Crippen LogP contribution in [0.1, 0.15) is 141 Å². The van der Waals surface area contributed by atoms with Crippen molar-refractivity contribution in [3.63, 3.8) is 0 Å². The molecule has 0 aliphatic rings. The van der Waals surface area contributed by atoms with E-state index in [1.54, 1.807) is 52.8 Å². The summed E-state index contributed by atoms with van der Waals surface area (Å²) in [6, 6.07) is 5.49. The molecule has 1 aromatic carbocycles. The monoisotopic (exact) mass is 844 g/mol. The van der Waals surface area contributed by atoms with Crippen molar-refractivity contribution in [2.75, 3.05) is 26.5 Å². The first-order valence-electron chi connectivity index (χ1n) is 20.8. The summed E-state index contributed by atoms with van der Waals surface area (Å²) in [5.41, 5.74) is -0.317. The smallest absolute Gasteiger partial charge is 0.493 e. The summed E-state index contributed by atoms with van der Waals surface area (Å²) < 4.78 is 27.3. The van der Waals surface area contributed by atoms with Gasteiger partial charge >= 0.3 is 18.1 Å². The van der Waals surface area contributed by atoms with E-state index in [1.807, 2.05) is 20.8 Å². The molecule has 2 rings (SSSR count). The highest BCUT2D eigenvalue weighted by Crippen LogP contribution is 2.29. The Hall–Kier alpha value is -5.61. The van der Waals surface area contributed by atoms with Crippen molar-refractivity contribution in [1.82, 2.24) is 21.0 Å². The number of carbonyl (C=O) groups is 7. The number of amides is 4. The Balaban J connectivity index is 2.18. The van der Waals surface area contributed by atoms with Crippen LogP contribution < -0.4 is 20.7 Å². The highest BCUT2D eigenvalue weighted by atomic mass is 16.8. The molecule has 0 bridgehead atoms. The third-order valence-electron chi connectivity index (χ3n) is 8.95. The van der Waals surface area contributed by atoms with Gasteiger partial charge in [-0.1, -0.05) is 65.9 Å². The second-order valence-corrected chi connectivity index (χ2v) is 15.0. The van der Waals surface area contributed by atoms with Crippen molar-refractivity contribution in [2.24, 2.45) is 5.92 Å². The number of unbranched alkanes of at least 4 members (excludes halogenated alkanes) is 4. The summed E-state index contributed by atoms with van der Waals surface area (Å²) in [4.78, 5) is 95.1. The quantitative estimate of drug-likeness (QED) is 0.0215.